The van der Waals surface area contributed by atoms with Gasteiger partial charge >= 0.3 is 5.97 Å². The lowest BCUT2D eigenvalue weighted by Crippen LogP contribution is -2.44. The molecule has 0 aromatic heterocycles. The second-order valence-electron chi connectivity index (χ2n) is 13.9. The van der Waals surface area contributed by atoms with Crippen LogP contribution in [0.1, 0.15) is 126 Å². The highest BCUT2D eigenvalue weighted by Gasteiger charge is 2.28. The van der Waals surface area contributed by atoms with Crippen LogP contribution in [0.15, 0.2) is 0 Å². The molecule has 1 rings (SSSR count). The number of aldehydes is 1. The lowest BCUT2D eigenvalue weighted by atomic mass is 9.78. The zero-order chi connectivity index (χ0) is 42.1. The fraction of sp³-hybridized carbons (Fsp3) is 0.842. The highest BCUT2D eigenvalue weighted by molar-refractivity contribution is 5.84. The van der Waals surface area contributed by atoms with Gasteiger partial charge in [0.2, 0.25) is 18.2 Å². The number of hydrogen-bond donors (Lipinski definition) is 6. The molecular weight excluding hydrogens is 686 g/mol. The van der Waals surface area contributed by atoms with Crippen LogP contribution in [0.3, 0.4) is 0 Å². The Hall–Kier alpha value is -2.98. The van der Waals surface area contributed by atoms with Crippen LogP contribution in [-0.4, -0.2) is 114 Å². The molecule has 316 valence electrons. The van der Waals surface area contributed by atoms with Crippen molar-refractivity contribution in [3.63, 3.8) is 0 Å². The normalized spacial score (nSPS) is 12.8. The summed E-state index contributed by atoms with van der Waals surface area (Å²) in [7, 11) is 2.89. The maximum absolute atomic E-state index is 12.1. The Bertz CT molecular complexity index is 863. The molecule has 1 aliphatic rings. The molecular formula is C38H79N5O10. The number of ether oxygens (including phenoxy) is 3. The van der Waals surface area contributed by atoms with E-state index >= 15 is 0 Å². The first-order chi connectivity index (χ1) is 25.1. The molecule has 0 radical (unpaired) electrons. The lowest BCUT2D eigenvalue weighted by molar-refractivity contribution is -0.158. The Labute approximate surface area is 321 Å². The van der Waals surface area contributed by atoms with Crippen LogP contribution in [0.2, 0.25) is 0 Å². The minimum atomic E-state index is -0.758. The average molecular weight is 766 g/mol. The third kappa shape index (κ3) is 45.1. The summed E-state index contributed by atoms with van der Waals surface area (Å²) in [5.74, 6) is -0.0315. The van der Waals surface area contributed by atoms with E-state index in [1.165, 1.54) is 19.3 Å². The number of hydrogen-bond acceptors (Lipinski definition) is 12. The summed E-state index contributed by atoms with van der Waals surface area (Å²) >= 11 is 0. The van der Waals surface area contributed by atoms with Gasteiger partial charge in [-0.3, -0.25) is 14.4 Å². The molecule has 1 saturated carbocycles. The summed E-state index contributed by atoms with van der Waals surface area (Å²) in [5.41, 5.74) is 9.27. The van der Waals surface area contributed by atoms with Crippen molar-refractivity contribution in [2.75, 3.05) is 53.7 Å². The molecule has 8 N–H and O–H groups in total. The maximum atomic E-state index is 12.1. The molecule has 2 unspecified atom stereocenters. The number of rotatable bonds is 22. The van der Waals surface area contributed by atoms with Gasteiger partial charge in [-0.2, -0.15) is 0 Å². The number of esters is 1. The van der Waals surface area contributed by atoms with Gasteiger partial charge in [0.05, 0.1) is 19.8 Å². The van der Waals surface area contributed by atoms with Crippen LogP contribution in [-0.2, 0) is 43.0 Å². The van der Waals surface area contributed by atoms with Gasteiger partial charge in [-0.15, -0.1) is 0 Å². The van der Waals surface area contributed by atoms with Crippen molar-refractivity contribution in [2.45, 2.75) is 144 Å². The molecule has 0 aromatic carbocycles. The monoisotopic (exact) mass is 766 g/mol. The quantitative estimate of drug-likeness (QED) is 0.0529. The van der Waals surface area contributed by atoms with Gasteiger partial charge in [-0.25, -0.2) is 4.79 Å². The van der Waals surface area contributed by atoms with Crippen LogP contribution < -0.4 is 27.4 Å². The fourth-order valence-electron chi connectivity index (χ4n) is 4.49. The summed E-state index contributed by atoms with van der Waals surface area (Å²) in [4.78, 5) is 63.1. The molecule has 0 aliphatic heterocycles. The zero-order valence-electron chi connectivity index (χ0n) is 34.9. The molecule has 3 amide bonds. The second-order valence-corrected chi connectivity index (χ2v) is 13.9. The molecule has 53 heavy (non-hydrogen) atoms. The van der Waals surface area contributed by atoms with Gasteiger partial charge in [0.15, 0.2) is 0 Å². The molecule has 0 aromatic rings. The number of aliphatic hydroxyl groups excluding tert-OH is 1. The number of aliphatic hydroxyl groups is 1. The van der Waals surface area contributed by atoms with Crippen molar-refractivity contribution in [3.8, 4) is 0 Å². The maximum Gasteiger partial charge on any atom is 0.329 e. The van der Waals surface area contributed by atoms with E-state index < -0.39 is 17.6 Å². The van der Waals surface area contributed by atoms with E-state index in [2.05, 4.69) is 42.5 Å². The van der Waals surface area contributed by atoms with Crippen molar-refractivity contribution in [2.24, 2.45) is 22.8 Å². The SMILES string of the molecule is C=O.CC.CC(C)(C)CCCC(=O)NC(CCC=O)C(=O)OC(C)(C)C.CNCCOCCOCC(=O)NC(CCCCN)C1CCC1.CO.NC=O. The number of nitrogens with one attached hydrogen (secondary N) is 3. The smallest absolute Gasteiger partial charge is 0.329 e. The number of carbonyl (C=O) groups excluding carboxylic acids is 6. The predicted octanol–water partition coefficient (Wildman–Crippen LogP) is 3.21. The number of carbonyl (C=O) groups is 6. The van der Waals surface area contributed by atoms with E-state index in [0.29, 0.717) is 38.2 Å². The first-order valence-corrected chi connectivity index (χ1v) is 18.8. The average Bonchev–Trinajstić information content (AvgIpc) is 3.07. The summed E-state index contributed by atoms with van der Waals surface area (Å²) in [6.45, 7) is 21.0. The summed E-state index contributed by atoms with van der Waals surface area (Å²) in [6.07, 6.45) is 10.4. The molecule has 1 fully saturated rings. The van der Waals surface area contributed by atoms with Crippen LogP contribution in [0.5, 0.6) is 0 Å². The predicted molar refractivity (Wildman–Crippen MR) is 211 cm³/mol. The third-order valence-electron chi connectivity index (χ3n) is 7.07. The molecule has 15 nitrogen and oxygen atoms in total. The summed E-state index contributed by atoms with van der Waals surface area (Å²) < 4.78 is 16.0. The van der Waals surface area contributed by atoms with Crippen molar-refractivity contribution in [1.82, 2.24) is 16.0 Å². The molecule has 1 aliphatic carbocycles. The minimum Gasteiger partial charge on any atom is -0.458 e. The number of primary amides is 1. The Morgan fingerprint density at radius 1 is 0.887 bits per heavy atom. The lowest BCUT2D eigenvalue weighted by Gasteiger charge is -2.34. The molecule has 0 spiro atoms. The van der Waals surface area contributed by atoms with E-state index in [1.807, 2.05) is 27.7 Å². The van der Waals surface area contributed by atoms with E-state index in [0.717, 1.165) is 58.6 Å². The van der Waals surface area contributed by atoms with E-state index in [-0.39, 0.29) is 43.1 Å². The Balaban J connectivity index is -0.000000238. The van der Waals surface area contributed by atoms with Crippen molar-refractivity contribution in [3.05, 3.63) is 0 Å². The minimum absolute atomic E-state index is 0.0140. The van der Waals surface area contributed by atoms with E-state index in [1.54, 1.807) is 20.8 Å². The Kier molecular flexibility index (Phi) is 46.7. The Morgan fingerprint density at radius 2 is 1.45 bits per heavy atom. The van der Waals surface area contributed by atoms with Crippen LogP contribution >= 0.6 is 0 Å². The zero-order valence-corrected chi connectivity index (χ0v) is 34.9. The van der Waals surface area contributed by atoms with Gasteiger partial charge in [-0.05, 0) is 90.6 Å². The number of nitrogens with two attached hydrogens (primary N) is 2. The molecule has 2 atom stereocenters. The standard InChI is InChI=1S/C17H31NO4.C16H33N3O3.C2H6.CH3NO.CH4O.CH2O/c1-16(2,3)11-7-10-14(20)18-13(9-8-12-19)15(21)22-17(4,5)6;1-18-9-10-21-11-12-22-13-16(20)19-15(7-2-3-8-17)14-5-4-6-14;1-2;2-1-3;2*1-2/h12-13H,7-11H2,1-6H3,(H,18,20);14-15,18H,2-13,17H2,1H3,(H,19,20);1-2H3;1H,(H2,2,3);2H,1H3;1H2. The summed E-state index contributed by atoms with van der Waals surface area (Å²) in [5, 5.41) is 15.8. The second kappa shape index (κ2) is 41.8. The summed E-state index contributed by atoms with van der Waals surface area (Å²) in [6, 6.07) is -0.463. The van der Waals surface area contributed by atoms with Gasteiger partial charge in [0.1, 0.15) is 31.3 Å². The van der Waals surface area contributed by atoms with Crippen LogP contribution in [0.4, 0.5) is 0 Å². The van der Waals surface area contributed by atoms with Crippen LogP contribution in [0.25, 0.3) is 0 Å². The highest BCUT2D eigenvalue weighted by Crippen LogP contribution is 2.31. The number of likely N-dealkylation sites (N-methyl/N-ethyl adjacent to an activating group) is 1. The Morgan fingerprint density at radius 3 is 1.91 bits per heavy atom. The fourth-order valence-corrected chi connectivity index (χ4v) is 4.49. The van der Waals surface area contributed by atoms with Gasteiger partial charge in [0, 0.05) is 32.5 Å². The van der Waals surface area contributed by atoms with E-state index in [4.69, 9.17) is 34.6 Å². The molecule has 15 heteroatoms. The number of amides is 3. The number of unbranched alkanes of at least 4 members (excludes halogenated alkanes) is 1. The third-order valence-corrected chi connectivity index (χ3v) is 7.07. The van der Waals surface area contributed by atoms with Gasteiger partial charge < -0.3 is 56.3 Å². The molecule has 0 bridgehead atoms. The molecule has 0 saturated heterocycles. The van der Waals surface area contributed by atoms with Gasteiger partial charge in [0.25, 0.3) is 0 Å². The highest BCUT2D eigenvalue weighted by atomic mass is 16.6. The largest absolute Gasteiger partial charge is 0.458 e. The van der Waals surface area contributed by atoms with Gasteiger partial charge in [-0.1, -0.05) is 47.5 Å². The first-order valence-electron chi connectivity index (χ1n) is 18.8. The van der Waals surface area contributed by atoms with Crippen molar-refractivity contribution >= 4 is 37.3 Å². The van der Waals surface area contributed by atoms with Crippen molar-refractivity contribution in [1.29, 1.82) is 0 Å². The van der Waals surface area contributed by atoms with Crippen LogP contribution in [0, 0.1) is 11.3 Å². The molecule has 0 heterocycles. The van der Waals surface area contributed by atoms with Crippen molar-refractivity contribution < 1.29 is 48.1 Å². The van der Waals surface area contributed by atoms with E-state index in [9.17, 15) is 19.2 Å². The topological polar surface area (TPSA) is 238 Å². The first kappa shape index (κ1) is 59.3.